The summed E-state index contributed by atoms with van der Waals surface area (Å²) in [6.07, 6.45) is 3.17. The fourth-order valence-corrected chi connectivity index (χ4v) is 5.71. The van der Waals surface area contributed by atoms with Crippen molar-refractivity contribution in [2.45, 2.75) is 27.8 Å². The Morgan fingerprint density at radius 3 is 2.45 bits per heavy atom. The zero-order valence-electron chi connectivity index (χ0n) is 17.5. The molecule has 13 heteroatoms. The Hall–Kier alpha value is -3.29. The number of sulfonamides is 1. The summed E-state index contributed by atoms with van der Waals surface area (Å²) in [4.78, 5) is 24.2. The minimum Gasteiger partial charge on any atom is -0.322 e. The minimum atomic E-state index is -3.55. The number of benzene rings is 2. The summed E-state index contributed by atoms with van der Waals surface area (Å²) < 4.78 is 28.3. The van der Waals surface area contributed by atoms with E-state index in [9.17, 15) is 23.3 Å². The van der Waals surface area contributed by atoms with Crippen LogP contribution < -0.4 is 5.32 Å². The van der Waals surface area contributed by atoms with Gasteiger partial charge in [-0.2, -0.15) is 4.31 Å². The van der Waals surface area contributed by atoms with Crippen molar-refractivity contribution in [2.75, 3.05) is 18.4 Å². The Labute approximate surface area is 194 Å². The Balaban J connectivity index is 1.50. The number of anilines is 1. The zero-order valence-corrected chi connectivity index (χ0v) is 19.2. The Bertz CT molecular complexity index is 1300. The van der Waals surface area contributed by atoms with Crippen molar-refractivity contribution < 1.29 is 18.1 Å². The standard InChI is InChI=1S/C20H20N6O5S2/c1-24-13-21-23-20(24)32-18-9-4-14(12-17(18)26(28)29)19(27)22-15-5-7-16(8-6-15)33(30,31)25-10-2-3-11-25/h4-9,12-13H,2-3,10-11H2,1H3,(H,22,27). The predicted molar refractivity (Wildman–Crippen MR) is 121 cm³/mol. The van der Waals surface area contributed by atoms with Crippen LogP contribution >= 0.6 is 11.8 Å². The van der Waals surface area contributed by atoms with Crippen molar-refractivity contribution >= 4 is 39.1 Å². The number of aromatic nitrogens is 3. The van der Waals surface area contributed by atoms with E-state index in [0.29, 0.717) is 28.8 Å². The van der Waals surface area contributed by atoms with Gasteiger partial charge in [-0.05, 0) is 61.0 Å². The Kier molecular flexibility index (Phi) is 6.44. The van der Waals surface area contributed by atoms with Crippen LogP contribution in [-0.2, 0) is 17.1 Å². The van der Waals surface area contributed by atoms with Crippen LogP contribution in [0.5, 0.6) is 0 Å². The van der Waals surface area contributed by atoms with E-state index in [1.165, 1.54) is 53.1 Å². The van der Waals surface area contributed by atoms with E-state index in [2.05, 4.69) is 15.5 Å². The van der Waals surface area contributed by atoms with Crippen LogP contribution in [0, 0.1) is 10.1 Å². The first kappa shape index (κ1) is 22.9. The first-order chi connectivity index (χ1) is 15.8. The van der Waals surface area contributed by atoms with Gasteiger partial charge in [0.25, 0.3) is 11.6 Å². The second-order valence-electron chi connectivity index (χ2n) is 7.36. The summed E-state index contributed by atoms with van der Waals surface area (Å²) in [5, 5.41) is 22.3. The predicted octanol–water partition coefficient (Wildman–Crippen LogP) is 2.91. The van der Waals surface area contributed by atoms with E-state index < -0.39 is 20.9 Å². The van der Waals surface area contributed by atoms with Gasteiger partial charge in [0, 0.05) is 37.5 Å². The van der Waals surface area contributed by atoms with Crippen LogP contribution in [0.4, 0.5) is 11.4 Å². The fraction of sp³-hybridized carbons (Fsp3) is 0.250. The molecule has 1 N–H and O–H groups in total. The van der Waals surface area contributed by atoms with Crippen LogP contribution in [0.1, 0.15) is 23.2 Å². The molecule has 2 aromatic carbocycles. The lowest BCUT2D eigenvalue weighted by Crippen LogP contribution is -2.27. The molecule has 3 aromatic rings. The summed E-state index contributed by atoms with van der Waals surface area (Å²) in [7, 11) is -1.83. The van der Waals surface area contributed by atoms with Crippen LogP contribution in [-0.4, -0.2) is 51.4 Å². The molecule has 1 fully saturated rings. The third-order valence-electron chi connectivity index (χ3n) is 5.10. The second-order valence-corrected chi connectivity index (χ2v) is 10.3. The molecular formula is C20H20N6O5S2. The third-order valence-corrected chi connectivity index (χ3v) is 8.13. The molecular weight excluding hydrogens is 468 g/mol. The van der Waals surface area contributed by atoms with Gasteiger partial charge in [-0.25, -0.2) is 8.42 Å². The highest BCUT2D eigenvalue weighted by Gasteiger charge is 2.27. The maximum atomic E-state index is 12.7. The number of nitrogens with one attached hydrogen (secondary N) is 1. The smallest absolute Gasteiger partial charge is 0.284 e. The molecule has 0 radical (unpaired) electrons. The largest absolute Gasteiger partial charge is 0.322 e. The van der Waals surface area contributed by atoms with Crippen LogP contribution in [0.25, 0.3) is 0 Å². The second kappa shape index (κ2) is 9.29. The van der Waals surface area contributed by atoms with E-state index >= 15 is 0 Å². The number of rotatable bonds is 7. The number of carbonyl (C=O) groups excluding carboxylic acids is 1. The van der Waals surface area contributed by atoms with E-state index in [1.54, 1.807) is 11.6 Å². The van der Waals surface area contributed by atoms with E-state index in [4.69, 9.17) is 0 Å². The molecule has 1 saturated heterocycles. The van der Waals surface area contributed by atoms with Crippen molar-refractivity contribution in [3.05, 3.63) is 64.5 Å². The zero-order chi connectivity index (χ0) is 23.6. The molecule has 0 aliphatic carbocycles. The van der Waals surface area contributed by atoms with Gasteiger partial charge in [-0.15, -0.1) is 10.2 Å². The molecule has 11 nitrogen and oxygen atoms in total. The van der Waals surface area contributed by atoms with Crippen LogP contribution in [0.3, 0.4) is 0 Å². The lowest BCUT2D eigenvalue weighted by molar-refractivity contribution is -0.387. The lowest BCUT2D eigenvalue weighted by Gasteiger charge is -2.15. The number of nitrogens with zero attached hydrogens (tertiary/aromatic N) is 5. The lowest BCUT2D eigenvalue weighted by atomic mass is 10.2. The first-order valence-electron chi connectivity index (χ1n) is 9.97. The number of hydrogen-bond donors (Lipinski definition) is 1. The highest BCUT2D eigenvalue weighted by atomic mass is 32.2. The number of hydrogen-bond acceptors (Lipinski definition) is 8. The third kappa shape index (κ3) is 4.89. The van der Waals surface area contributed by atoms with Crippen molar-refractivity contribution in [2.24, 2.45) is 7.05 Å². The van der Waals surface area contributed by atoms with Gasteiger partial charge < -0.3 is 9.88 Å². The van der Waals surface area contributed by atoms with E-state index in [1.807, 2.05) is 0 Å². The molecule has 4 rings (SSSR count). The van der Waals surface area contributed by atoms with Crippen molar-refractivity contribution in [3.63, 3.8) is 0 Å². The molecule has 0 unspecified atom stereocenters. The molecule has 0 bridgehead atoms. The molecule has 0 saturated carbocycles. The van der Waals surface area contributed by atoms with Crippen molar-refractivity contribution in [3.8, 4) is 0 Å². The van der Waals surface area contributed by atoms with Gasteiger partial charge in [0.1, 0.15) is 6.33 Å². The van der Waals surface area contributed by atoms with Crippen LogP contribution in [0.15, 0.2) is 63.7 Å². The molecule has 1 aromatic heterocycles. The highest BCUT2D eigenvalue weighted by molar-refractivity contribution is 7.99. The molecule has 172 valence electrons. The normalized spacial score (nSPS) is 14.3. The average molecular weight is 489 g/mol. The molecule has 0 atom stereocenters. The molecule has 33 heavy (non-hydrogen) atoms. The molecule has 2 heterocycles. The summed E-state index contributed by atoms with van der Waals surface area (Å²) in [5.41, 5.74) is 0.237. The van der Waals surface area contributed by atoms with Gasteiger partial charge in [0.15, 0.2) is 5.16 Å². The Morgan fingerprint density at radius 1 is 1.15 bits per heavy atom. The SMILES string of the molecule is Cn1cnnc1Sc1ccc(C(=O)Nc2ccc(S(=O)(=O)N3CCCC3)cc2)cc1[N+](=O)[O-]. The highest BCUT2D eigenvalue weighted by Crippen LogP contribution is 2.34. The van der Waals surface area contributed by atoms with Crippen molar-refractivity contribution in [1.82, 2.24) is 19.1 Å². The maximum absolute atomic E-state index is 12.7. The summed E-state index contributed by atoms with van der Waals surface area (Å²) in [6.45, 7) is 1.01. The molecule has 1 aliphatic rings. The van der Waals surface area contributed by atoms with E-state index in [-0.39, 0.29) is 16.1 Å². The fourth-order valence-electron chi connectivity index (χ4n) is 3.34. The molecule has 1 amide bonds. The maximum Gasteiger partial charge on any atom is 0.284 e. The molecule has 0 spiro atoms. The summed E-state index contributed by atoms with van der Waals surface area (Å²) in [6, 6.07) is 10.0. The topological polar surface area (TPSA) is 140 Å². The van der Waals surface area contributed by atoms with Gasteiger partial charge in [0.05, 0.1) is 14.7 Å². The first-order valence-corrected chi connectivity index (χ1v) is 12.2. The number of amides is 1. The number of aryl methyl sites for hydroxylation is 1. The van der Waals surface area contributed by atoms with Gasteiger partial charge in [-0.1, -0.05) is 0 Å². The van der Waals surface area contributed by atoms with Gasteiger partial charge in [0.2, 0.25) is 10.0 Å². The molecule has 1 aliphatic heterocycles. The quantitative estimate of drug-likeness (QED) is 0.395. The number of carbonyl (C=O) groups is 1. The van der Waals surface area contributed by atoms with Gasteiger partial charge >= 0.3 is 0 Å². The average Bonchev–Trinajstić information content (AvgIpc) is 3.47. The van der Waals surface area contributed by atoms with Crippen molar-refractivity contribution in [1.29, 1.82) is 0 Å². The number of nitro groups is 1. The van der Waals surface area contributed by atoms with Gasteiger partial charge in [-0.3, -0.25) is 14.9 Å². The van der Waals surface area contributed by atoms with E-state index in [0.717, 1.165) is 24.6 Å². The number of nitro benzene ring substituents is 1. The Morgan fingerprint density at radius 2 is 1.85 bits per heavy atom. The van der Waals surface area contributed by atoms with Crippen LogP contribution in [0.2, 0.25) is 0 Å². The summed E-state index contributed by atoms with van der Waals surface area (Å²) in [5.74, 6) is -0.552. The summed E-state index contributed by atoms with van der Waals surface area (Å²) >= 11 is 1.07. The minimum absolute atomic E-state index is 0.0952. The monoisotopic (exact) mass is 488 g/mol.